The maximum absolute atomic E-state index is 12.5. The Morgan fingerprint density at radius 3 is 2.64 bits per heavy atom. The first-order chi connectivity index (χ1) is 17.2. The zero-order valence-corrected chi connectivity index (χ0v) is 21.6. The van der Waals surface area contributed by atoms with Crippen molar-refractivity contribution in [3.63, 3.8) is 0 Å². The molecule has 3 aromatic heterocycles. The lowest BCUT2D eigenvalue weighted by atomic mass is 9.98. The van der Waals surface area contributed by atoms with Crippen molar-refractivity contribution in [1.29, 1.82) is 5.26 Å². The Morgan fingerprint density at radius 1 is 1.17 bits per heavy atom. The SMILES string of the molecule is COc1cc(-c2cnn(C3CN(C4CCCN(C(=O)OC(C)(C)C)C4)C3)c2C)cn2ncc(C#N)c12. The number of nitriles is 1. The summed E-state index contributed by atoms with van der Waals surface area (Å²) in [7, 11) is 1.60. The van der Waals surface area contributed by atoms with E-state index in [0.29, 0.717) is 29.4 Å². The molecule has 5 rings (SSSR count). The van der Waals surface area contributed by atoms with Gasteiger partial charge >= 0.3 is 6.09 Å². The van der Waals surface area contributed by atoms with E-state index in [1.807, 2.05) is 44.1 Å². The minimum absolute atomic E-state index is 0.219. The van der Waals surface area contributed by atoms with E-state index in [9.17, 15) is 10.1 Å². The number of amides is 1. The lowest BCUT2D eigenvalue weighted by Gasteiger charge is -2.47. The lowest BCUT2D eigenvalue weighted by molar-refractivity contribution is -0.00908. The Hall–Kier alpha value is -3.58. The Bertz CT molecular complexity index is 1320. The molecule has 5 heterocycles. The predicted octanol–water partition coefficient (Wildman–Crippen LogP) is 3.64. The smallest absolute Gasteiger partial charge is 0.410 e. The second-order valence-corrected chi connectivity index (χ2v) is 10.7. The highest BCUT2D eigenvalue weighted by Gasteiger charge is 2.38. The topological polar surface area (TPSA) is 101 Å². The highest BCUT2D eigenvalue weighted by atomic mass is 16.6. The van der Waals surface area contributed by atoms with Gasteiger partial charge in [0.1, 0.15) is 28.5 Å². The van der Waals surface area contributed by atoms with Crippen LogP contribution in [-0.4, -0.2) is 80.2 Å². The number of piperidine rings is 1. The van der Waals surface area contributed by atoms with E-state index in [-0.39, 0.29) is 12.1 Å². The molecular weight excluding hydrogens is 458 g/mol. The Labute approximate surface area is 211 Å². The molecule has 1 unspecified atom stereocenters. The fourth-order valence-corrected chi connectivity index (χ4v) is 5.23. The second-order valence-electron chi connectivity index (χ2n) is 10.7. The number of hydrogen-bond acceptors (Lipinski definition) is 7. The summed E-state index contributed by atoms with van der Waals surface area (Å²) in [5, 5.41) is 18.4. The first-order valence-corrected chi connectivity index (χ1v) is 12.4. The van der Waals surface area contributed by atoms with Crippen LogP contribution in [0.3, 0.4) is 0 Å². The molecule has 3 aromatic rings. The van der Waals surface area contributed by atoms with Crippen LogP contribution in [0.4, 0.5) is 4.79 Å². The van der Waals surface area contributed by atoms with Crippen LogP contribution in [-0.2, 0) is 4.74 Å². The van der Waals surface area contributed by atoms with Gasteiger partial charge in [-0.25, -0.2) is 9.31 Å². The second kappa shape index (κ2) is 9.13. The molecule has 0 spiro atoms. The van der Waals surface area contributed by atoms with Gasteiger partial charge in [-0.3, -0.25) is 9.58 Å². The molecule has 0 aromatic carbocycles. The highest BCUT2D eigenvalue weighted by Crippen LogP contribution is 2.34. The number of likely N-dealkylation sites (tertiary alicyclic amines) is 2. The summed E-state index contributed by atoms with van der Waals surface area (Å²) in [6, 6.07) is 4.74. The van der Waals surface area contributed by atoms with Gasteiger partial charge in [-0.2, -0.15) is 15.5 Å². The van der Waals surface area contributed by atoms with Gasteiger partial charge in [0.05, 0.1) is 25.5 Å². The zero-order chi connectivity index (χ0) is 25.6. The molecule has 2 aliphatic heterocycles. The zero-order valence-electron chi connectivity index (χ0n) is 21.6. The lowest BCUT2D eigenvalue weighted by Crippen LogP contribution is -2.58. The van der Waals surface area contributed by atoms with Crippen molar-refractivity contribution in [2.75, 3.05) is 33.3 Å². The van der Waals surface area contributed by atoms with Crippen LogP contribution in [0.5, 0.6) is 5.75 Å². The van der Waals surface area contributed by atoms with Gasteiger partial charge in [0.25, 0.3) is 0 Å². The van der Waals surface area contributed by atoms with Gasteiger partial charge in [0.2, 0.25) is 0 Å². The van der Waals surface area contributed by atoms with E-state index in [1.54, 1.807) is 17.8 Å². The largest absolute Gasteiger partial charge is 0.494 e. The first kappa shape index (κ1) is 24.1. The van der Waals surface area contributed by atoms with Crippen molar-refractivity contribution in [2.45, 2.75) is 58.2 Å². The average Bonchev–Trinajstić information content (AvgIpc) is 3.40. The molecular formula is C26H33N7O3. The number of hydrogen-bond donors (Lipinski definition) is 0. The normalized spacial score (nSPS) is 19.2. The van der Waals surface area contributed by atoms with Crippen molar-refractivity contribution in [1.82, 2.24) is 29.2 Å². The fraction of sp³-hybridized carbons (Fsp3) is 0.538. The molecule has 0 saturated carbocycles. The molecule has 1 atom stereocenters. The summed E-state index contributed by atoms with van der Waals surface area (Å²) in [6.07, 6.45) is 7.20. The van der Waals surface area contributed by atoms with Gasteiger partial charge in [-0.15, -0.1) is 0 Å². The molecule has 10 nitrogen and oxygen atoms in total. The van der Waals surface area contributed by atoms with Gasteiger partial charge in [-0.1, -0.05) is 0 Å². The third-order valence-corrected chi connectivity index (χ3v) is 7.07. The van der Waals surface area contributed by atoms with E-state index in [1.165, 1.54) is 0 Å². The summed E-state index contributed by atoms with van der Waals surface area (Å²) in [4.78, 5) is 16.8. The maximum Gasteiger partial charge on any atom is 0.410 e. The van der Waals surface area contributed by atoms with Crippen LogP contribution < -0.4 is 4.74 Å². The molecule has 0 aliphatic carbocycles. The number of ether oxygens (including phenoxy) is 2. The molecule has 190 valence electrons. The van der Waals surface area contributed by atoms with Gasteiger partial charge in [0, 0.05) is 55.2 Å². The van der Waals surface area contributed by atoms with E-state index in [2.05, 4.69) is 27.7 Å². The minimum atomic E-state index is -0.481. The molecule has 2 aliphatic rings. The van der Waals surface area contributed by atoms with E-state index < -0.39 is 5.60 Å². The number of aromatic nitrogens is 4. The number of methoxy groups -OCH3 is 1. The van der Waals surface area contributed by atoms with Crippen molar-refractivity contribution in [2.24, 2.45) is 0 Å². The molecule has 0 radical (unpaired) electrons. The van der Waals surface area contributed by atoms with E-state index in [0.717, 1.165) is 49.3 Å². The highest BCUT2D eigenvalue weighted by molar-refractivity contribution is 5.76. The number of pyridine rings is 1. The molecule has 2 fully saturated rings. The maximum atomic E-state index is 12.5. The summed E-state index contributed by atoms with van der Waals surface area (Å²) >= 11 is 0. The van der Waals surface area contributed by atoms with Gasteiger partial charge in [-0.05, 0) is 46.6 Å². The number of rotatable bonds is 4. The molecule has 2 saturated heterocycles. The molecule has 1 amide bonds. The van der Waals surface area contributed by atoms with Crippen LogP contribution in [0.25, 0.3) is 16.6 Å². The summed E-state index contributed by atoms with van der Waals surface area (Å²) in [5.41, 5.74) is 3.69. The van der Waals surface area contributed by atoms with Crippen LogP contribution in [0.15, 0.2) is 24.7 Å². The minimum Gasteiger partial charge on any atom is -0.494 e. The quantitative estimate of drug-likeness (QED) is 0.549. The van der Waals surface area contributed by atoms with E-state index >= 15 is 0 Å². The first-order valence-electron chi connectivity index (χ1n) is 12.4. The number of nitrogens with zero attached hydrogens (tertiary/aromatic N) is 7. The monoisotopic (exact) mass is 491 g/mol. The average molecular weight is 492 g/mol. The fourth-order valence-electron chi connectivity index (χ4n) is 5.23. The van der Waals surface area contributed by atoms with Crippen molar-refractivity contribution >= 4 is 11.6 Å². The standard InChI is InChI=1S/C26H33N7O3/c1-17-22(18-9-23(35-5)24-19(10-27)11-28-32(24)13-18)12-29-33(17)21-15-31(16-21)20-7-6-8-30(14-20)25(34)36-26(2,3)4/h9,11-13,20-21H,6-8,14-16H2,1-5H3. The van der Waals surface area contributed by atoms with Crippen LogP contribution in [0.1, 0.15) is 50.9 Å². The summed E-state index contributed by atoms with van der Waals surface area (Å²) in [5.74, 6) is 0.607. The van der Waals surface area contributed by atoms with Crippen LogP contribution >= 0.6 is 0 Å². The van der Waals surface area contributed by atoms with Crippen molar-refractivity contribution in [3.05, 3.63) is 35.9 Å². The number of carbonyl (C=O) groups is 1. The van der Waals surface area contributed by atoms with Crippen molar-refractivity contribution < 1.29 is 14.3 Å². The predicted molar refractivity (Wildman–Crippen MR) is 134 cm³/mol. The number of fused-ring (bicyclic) bond motifs is 1. The Morgan fingerprint density at radius 2 is 1.94 bits per heavy atom. The van der Waals surface area contributed by atoms with E-state index in [4.69, 9.17) is 14.6 Å². The third kappa shape index (κ3) is 4.39. The van der Waals surface area contributed by atoms with Crippen LogP contribution in [0, 0.1) is 18.3 Å². The summed E-state index contributed by atoms with van der Waals surface area (Å²) < 4.78 is 14.9. The third-order valence-electron chi connectivity index (χ3n) is 7.07. The molecule has 36 heavy (non-hydrogen) atoms. The number of carbonyl (C=O) groups excluding carboxylic acids is 1. The molecule has 0 bridgehead atoms. The van der Waals surface area contributed by atoms with Gasteiger partial charge in [0.15, 0.2) is 0 Å². The molecule has 10 heteroatoms. The Kier molecular flexibility index (Phi) is 6.12. The Balaban J connectivity index is 1.28. The van der Waals surface area contributed by atoms with Crippen LogP contribution in [0.2, 0.25) is 0 Å². The van der Waals surface area contributed by atoms with Crippen molar-refractivity contribution in [3.8, 4) is 22.9 Å². The van der Waals surface area contributed by atoms with Gasteiger partial charge < -0.3 is 14.4 Å². The molecule has 0 N–H and O–H groups in total. The summed E-state index contributed by atoms with van der Waals surface area (Å²) in [6.45, 7) is 11.1.